The van der Waals surface area contributed by atoms with Crippen LogP contribution in [0.25, 0.3) is 0 Å². The molecule has 2 N–H and O–H groups in total. The molecule has 2 amide bonds. The Morgan fingerprint density at radius 2 is 1.96 bits per heavy atom. The van der Waals surface area contributed by atoms with Crippen LogP contribution in [0.15, 0.2) is 24.3 Å². The molecule has 1 heterocycles. The molecule has 0 aliphatic carbocycles. The molecule has 1 fully saturated rings. The first-order valence-electron chi connectivity index (χ1n) is 7.73. The average molecular weight is 356 g/mol. The van der Waals surface area contributed by atoms with Gasteiger partial charge in [-0.05, 0) is 24.3 Å². The number of halogens is 1. The van der Waals surface area contributed by atoms with E-state index < -0.39 is 17.8 Å². The highest BCUT2D eigenvalue weighted by Crippen LogP contribution is 2.09. The van der Waals surface area contributed by atoms with E-state index in [0.29, 0.717) is 43.4 Å². The second-order valence-electron chi connectivity index (χ2n) is 5.27. The van der Waals surface area contributed by atoms with Crippen molar-refractivity contribution < 1.29 is 23.8 Å². The third-order valence-corrected chi connectivity index (χ3v) is 4.59. The van der Waals surface area contributed by atoms with Crippen molar-refractivity contribution in [1.29, 1.82) is 0 Å². The van der Waals surface area contributed by atoms with Gasteiger partial charge < -0.3 is 20.1 Å². The molecule has 0 spiro atoms. The number of hydrogen-bond donors (Lipinski definition) is 2. The number of amides is 2. The SMILES string of the molecule is O=C(N[C@@H](CSCCO)C(=O)N1CCOCC1)c1ccc(F)cc1. The Hall–Kier alpha value is -1.64. The summed E-state index contributed by atoms with van der Waals surface area (Å²) < 4.78 is 18.2. The van der Waals surface area contributed by atoms with E-state index in [1.807, 2.05) is 0 Å². The predicted molar refractivity (Wildman–Crippen MR) is 89.5 cm³/mol. The molecule has 8 heteroatoms. The molecule has 24 heavy (non-hydrogen) atoms. The smallest absolute Gasteiger partial charge is 0.251 e. The summed E-state index contributed by atoms with van der Waals surface area (Å²) in [6, 6.07) is 4.46. The molecule has 132 valence electrons. The second kappa shape index (κ2) is 9.61. The van der Waals surface area contributed by atoms with E-state index in [2.05, 4.69) is 5.32 Å². The number of aliphatic hydroxyl groups is 1. The predicted octanol–water partition coefficient (Wildman–Crippen LogP) is 0.508. The van der Waals surface area contributed by atoms with Gasteiger partial charge in [0.25, 0.3) is 5.91 Å². The van der Waals surface area contributed by atoms with Crippen molar-refractivity contribution in [2.75, 3.05) is 44.4 Å². The van der Waals surface area contributed by atoms with Gasteiger partial charge in [-0.3, -0.25) is 9.59 Å². The highest BCUT2D eigenvalue weighted by atomic mass is 32.2. The molecule has 0 unspecified atom stereocenters. The average Bonchev–Trinajstić information content (AvgIpc) is 2.61. The standard InChI is InChI=1S/C16H21FN2O4S/c17-13-3-1-12(2-4-13)15(21)18-14(11-24-10-7-20)16(22)19-5-8-23-9-6-19/h1-4,14,20H,5-11H2,(H,18,21)/t14-/m0/s1. The van der Waals surface area contributed by atoms with Gasteiger partial charge in [-0.25, -0.2) is 4.39 Å². The summed E-state index contributed by atoms with van der Waals surface area (Å²) in [4.78, 5) is 26.6. The number of aliphatic hydroxyl groups excluding tert-OH is 1. The normalized spacial score (nSPS) is 15.8. The van der Waals surface area contributed by atoms with Crippen molar-refractivity contribution >= 4 is 23.6 Å². The van der Waals surface area contributed by atoms with Crippen LogP contribution in [0.4, 0.5) is 4.39 Å². The Morgan fingerprint density at radius 3 is 2.58 bits per heavy atom. The van der Waals surface area contributed by atoms with Crippen molar-refractivity contribution in [3.05, 3.63) is 35.6 Å². The molecule has 6 nitrogen and oxygen atoms in total. The van der Waals surface area contributed by atoms with Crippen molar-refractivity contribution in [1.82, 2.24) is 10.2 Å². The number of carbonyl (C=O) groups is 2. The molecule has 1 aliphatic rings. The second-order valence-corrected chi connectivity index (χ2v) is 6.42. The van der Waals surface area contributed by atoms with Gasteiger partial charge in [0.05, 0.1) is 19.8 Å². The van der Waals surface area contributed by atoms with Gasteiger partial charge in [0.1, 0.15) is 11.9 Å². The summed E-state index contributed by atoms with van der Waals surface area (Å²) >= 11 is 1.39. The van der Waals surface area contributed by atoms with E-state index in [0.717, 1.165) is 0 Å². The van der Waals surface area contributed by atoms with Crippen LogP contribution >= 0.6 is 11.8 Å². The fraction of sp³-hybridized carbons (Fsp3) is 0.500. The molecule has 0 bridgehead atoms. The molecule has 1 aromatic rings. The monoisotopic (exact) mass is 356 g/mol. The zero-order valence-electron chi connectivity index (χ0n) is 13.2. The van der Waals surface area contributed by atoms with E-state index in [1.165, 1.54) is 36.0 Å². The van der Waals surface area contributed by atoms with Gasteiger partial charge in [-0.2, -0.15) is 11.8 Å². The van der Waals surface area contributed by atoms with Crippen LogP contribution in [0.2, 0.25) is 0 Å². The van der Waals surface area contributed by atoms with Crippen LogP contribution in [0.5, 0.6) is 0 Å². The first kappa shape index (κ1) is 18.7. The summed E-state index contributed by atoms with van der Waals surface area (Å²) in [5.41, 5.74) is 0.295. The fourth-order valence-corrected chi connectivity index (χ4v) is 3.04. The molecular weight excluding hydrogens is 335 g/mol. The highest BCUT2D eigenvalue weighted by Gasteiger charge is 2.27. The first-order chi connectivity index (χ1) is 11.6. The largest absolute Gasteiger partial charge is 0.396 e. The van der Waals surface area contributed by atoms with Crippen LogP contribution in [0, 0.1) is 5.82 Å². The maximum atomic E-state index is 13.0. The van der Waals surface area contributed by atoms with Crippen molar-refractivity contribution in [2.45, 2.75) is 6.04 Å². The molecule has 1 aromatic carbocycles. The lowest BCUT2D eigenvalue weighted by atomic mass is 10.2. The van der Waals surface area contributed by atoms with Crippen LogP contribution < -0.4 is 5.32 Å². The van der Waals surface area contributed by atoms with Crippen molar-refractivity contribution in [3.8, 4) is 0 Å². The number of hydrogen-bond acceptors (Lipinski definition) is 5. The molecule has 1 aliphatic heterocycles. The Bertz CT molecular complexity index is 550. The zero-order chi connectivity index (χ0) is 17.4. The maximum absolute atomic E-state index is 13.0. The number of rotatable bonds is 7. The minimum Gasteiger partial charge on any atom is -0.396 e. The number of benzene rings is 1. The Labute approximate surface area is 144 Å². The highest BCUT2D eigenvalue weighted by molar-refractivity contribution is 7.99. The van der Waals surface area contributed by atoms with Gasteiger partial charge >= 0.3 is 0 Å². The fourth-order valence-electron chi connectivity index (χ4n) is 2.29. The Kier molecular flexibility index (Phi) is 7.48. The molecule has 1 saturated heterocycles. The number of ether oxygens (including phenoxy) is 1. The van der Waals surface area contributed by atoms with E-state index in [9.17, 15) is 14.0 Å². The van der Waals surface area contributed by atoms with Crippen LogP contribution in [0.3, 0.4) is 0 Å². The number of nitrogens with zero attached hydrogens (tertiary/aromatic N) is 1. The zero-order valence-corrected chi connectivity index (χ0v) is 14.1. The summed E-state index contributed by atoms with van der Waals surface area (Å²) in [6.45, 7) is 1.95. The van der Waals surface area contributed by atoms with Crippen molar-refractivity contribution in [2.24, 2.45) is 0 Å². The number of morpholine rings is 1. The lowest BCUT2D eigenvalue weighted by Crippen LogP contribution is -2.52. The van der Waals surface area contributed by atoms with Gasteiger partial charge in [-0.1, -0.05) is 0 Å². The third kappa shape index (κ3) is 5.47. The molecule has 1 atom stereocenters. The summed E-state index contributed by atoms with van der Waals surface area (Å²) in [5.74, 6) is -0.167. The molecular formula is C16H21FN2O4S. The lowest BCUT2D eigenvalue weighted by molar-refractivity contribution is -0.136. The number of nitrogens with one attached hydrogen (secondary N) is 1. The Morgan fingerprint density at radius 1 is 1.29 bits per heavy atom. The maximum Gasteiger partial charge on any atom is 0.251 e. The summed E-state index contributed by atoms with van der Waals surface area (Å²) in [7, 11) is 0. The topological polar surface area (TPSA) is 78.9 Å². The van der Waals surface area contributed by atoms with Gasteiger partial charge in [0.15, 0.2) is 0 Å². The molecule has 0 aromatic heterocycles. The van der Waals surface area contributed by atoms with Crippen LogP contribution in [-0.4, -0.2) is 72.3 Å². The quantitative estimate of drug-likeness (QED) is 0.696. The molecule has 0 saturated carbocycles. The number of carbonyl (C=O) groups excluding carboxylic acids is 2. The Balaban J connectivity index is 2.02. The van der Waals surface area contributed by atoms with E-state index in [-0.39, 0.29) is 12.5 Å². The van der Waals surface area contributed by atoms with E-state index in [4.69, 9.17) is 9.84 Å². The van der Waals surface area contributed by atoms with Gasteiger partial charge in [0, 0.05) is 30.2 Å². The number of thioether (sulfide) groups is 1. The molecule has 0 radical (unpaired) electrons. The summed E-state index contributed by atoms with van der Waals surface area (Å²) in [6.07, 6.45) is 0. The van der Waals surface area contributed by atoms with E-state index in [1.54, 1.807) is 4.90 Å². The van der Waals surface area contributed by atoms with Gasteiger partial charge in [0.2, 0.25) is 5.91 Å². The van der Waals surface area contributed by atoms with Crippen molar-refractivity contribution in [3.63, 3.8) is 0 Å². The van der Waals surface area contributed by atoms with Crippen LogP contribution in [-0.2, 0) is 9.53 Å². The third-order valence-electron chi connectivity index (χ3n) is 3.55. The summed E-state index contributed by atoms with van der Waals surface area (Å²) in [5, 5.41) is 11.6. The van der Waals surface area contributed by atoms with Gasteiger partial charge in [-0.15, -0.1) is 0 Å². The van der Waals surface area contributed by atoms with Crippen LogP contribution in [0.1, 0.15) is 10.4 Å². The first-order valence-corrected chi connectivity index (χ1v) is 8.89. The molecule has 2 rings (SSSR count). The minimum atomic E-state index is -0.697. The minimum absolute atomic E-state index is 0.00897. The lowest BCUT2D eigenvalue weighted by Gasteiger charge is -2.30. The van der Waals surface area contributed by atoms with E-state index >= 15 is 0 Å².